The first-order valence-corrected chi connectivity index (χ1v) is 9.97. The second kappa shape index (κ2) is 8.22. The Morgan fingerprint density at radius 3 is 2.63 bits per heavy atom. The third kappa shape index (κ3) is 4.95. The maximum absolute atomic E-state index is 13.6. The minimum absolute atomic E-state index is 0.0173. The molecule has 2 aliphatic rings. The second-order valence-corrected chi connectivity index (χ2v) is 8.05. The molecule has 4 heteroatoms. The van der Waals surface area contributed by atoms with Gasteiger partial charge in [0.2, 0.25) is 5.91 Å². The van der Waals surface area contributed by atoms with Gasteiger partial charge in [-0.05, 0) is 54.4 Å². The van der Waals surface area contributed by atoms with E-state index in [2.05, 4.69) is 34.5 Å². The molecule has 0 bridgehead atoms. The SMILES string of the molecule is O=C(NCC1CC1)C1CC(c2ccccc2)CN(Cc2cccc(F)c2)C1. The molecule has 1 aliphatic carbocycles. The van der Waals surface area contributed by atoms with Gasteiger partial charge in [0.25, 0.3) is 0 Å². The molecule has 1 N–H and O–H groups in total. The molecule has 3 nitrogen and oxygen atoms in total. The molecule has 1 heterocycles. The van der Waals surface area contributed by atoms with E-state index >= 15 is 0 Å². The van der Waals surface area contributed by atoms with Crippen LogP contribution in [0.3, 0.4) is 0 Å². The molecule has 4 rings (SSSR count). The van der Waals surface area contributed by atoms with E-state index in [0.29, 0.717) is 18.4 Å². The number of nitrogens with zero attached hydrogens (tertiary/aromatic N) is 1. The van der Waals surface area contributed by atoms with Gasteiger partial charge in [0.1, 0.15) is 5.82 Å². The van der Waals surface area contributed by atoms with Crippen molar-refractivity contribution in [2.75, 3.05) is 19.6 Å². The monoisotopic (exact) mass is 366 g/mol. The smallest absolute Gasteiger partial charge is 0.224 e. The number of likely N-dealkylation sites (tertiary alicyclic amines) is 1. The van der Waals surface area contributed by atoms with Gasteiger partial charge in [0.05, 0.1) is 5.92 Å². The molecule has 2 aromatic rings. The van der Waals surface area contributed by atoms with E-state index in [1.807, 2.05) is 12.1 Å². The summed E-state index contributed by atoms with van der Waals surface area (Å²) in [6, 6.07) is 17.2. The van der Waals surface area contributed by atoms with Gasteiger partial charge < -0.3 is 5.32 Å². The Bertz CT molecular complexity index is 775. The molecular formula is C23H27FN2O. The van der Waals surface area contributed by atoms with Crippen molar-refractivity contribution in [2.24, 2.45) is 11.8 Å². The number of hydrogen-bond donors (Lipinski definition) is 1. The van der Waals surface area contributed by atoms with Gasteiger partial charge in [-0.1, -0.05) is 42.5 Å². The van der Waals surface area contributed by atoms with Gasteiger partial charge in [-0.15, -0.1) is 0 Å². The first-order valence-electron chi connectivity index (χ1n) is 9.97. The largest absolute Gasteiger partial charge is 0.356 e. The lowest BCUT2D eigenvalue weighted by Crippen LogP contribution is -2.45. The van der Waals surface area contributed by atoms with Crippen LogP contribution in [0.4, 0.5) is 4.39 Å². The number of rotatable bonds is 6. The lowest BCUT2D eigenvalue weighted by molar-refractivity contribution is -0.127. The lowest BCUT2D eigenvalue weighted by atomic mass is 9.84. The van der Waals surface area contributed by atoms with Crippen LogP contribution in [0.2, 0.25) is 0 Å². The summed E-state index contributed by atoms with van der Waals surface area (Å²) in [5.41, 5.74) is 2.24. The number of carbonyl (C=O) groups is 1. The average molecular weight is 366 g/mol. The van der Waals surface area contributed by atoms with E-state index in [-0.39, 0.29) is 17.6 Å². The molecule has 1 aliphatic heterocycles. The number of carbonyl (C=O) groups excluding carboxylic acids is 1. The van der Waals surface area contributed by atoms with Crippen LogP contribution in [-0.4, -0.2) is 30.4 Å². The van der Waals surface area contributed by atoms with Crippen LogP contribution in [0.1, 0.15) is 36.3 Å². The minimum atomic E-state index is -0.206. The summed E-state index contributed by atoms with van der Waals surface area (Å²) in [5, 5.41) is 3.15. The highest BCUT2D eigenvalue weighted by Gasteiger charge is 2.33. The van der Waals surface area contributed by atoms with E-state index < -0.39 is 0 Å². The zero-order valence-corrected chi connectivity index (χ0v) is 15.6. The van der Waals surface area contributed by atoms with Gasteiger partial charge in [-0.3, -0.25) is 9.69 Å². The second-order valence-electron chi connectivity index (χ2n) is 8.05. The van der Waals surface area contributed by atoms with E-state index in [1.165, 1.54) is 24.5 Å². The maximum Gasteiger partial charge on any atom is 0.224 e. The highest BCUT2D eigenvalue weighted by molar-refractivity contribution is 5.79. The number of halogens is 1. The fraction of sp³-hybridized carbons (Fsp3) is 0.435. The molecule has 1 amide bonds. The van der Waals surface area contributed by atoms with Crippen LogP contribution in [0, 0.1) is 17.7 Å². The van der Waals surface area contributed by atoms with Crippen LogP contribution in [-0.2, 0) is 11.3 Å². The molecule has 2 aromatic carbocycles. The molecule has 142 valence electrons. The Balaban J connectivity index is 1.48. The van der Waals surface area contributed by atoms with Gasteiger partial charge in [0.15, 0.2) is 0 Å². The highest BCUT2D eigenvalue weighted by atomic mass is 19.1. The molecule has 2 atom stereocenters. The van der Waals surface area contributed by atoms with Gasteiger partial charge in [-0.2, -0.15) is 0 Å². The first kappa shape index (κ1) is 18.2. The number of benzene rings is 2. The molecular weight excluding hydrogens is 339 g/mol. The summed E-state index contributed by atoms with van der Waals surface area (Å²) in [7, 11) is 0. The standard InChI is InChI=1S/C23H27FN2O/c24-22-8-4-5-18(11-22)14-26-15-20(19-6-2-1-3-7-19)12-21(16-26)23(27)25-13-17-9-10-17/h1-8,11,17,20-21H,9-10,12-16H2,(H,25,27). The predicted molar refractivity (Wildman–Crippen MR) is 105 cm³/mol. The molecule has 1 saturated heterocycles. The molecule has 0 aromatic heterocycles. The Kier molecular flexibility index (Phi) is 5.53. The summed E-state index contributed by atoms with van der Waals surface area (Å²) in [5.74, 6) is 0.960. The Hall–Kier alpha value is -2.20. The fourth-order valence-electron chi connectivity index (χ4n) is 4.08. The van der Waals surface area contributed by atoms with E-state index in [4.69, 9.17) is 0 Å². The third-order valence-corrected chi connectivity index (χ3v) is 5.73. The van der Waals surface area contributed by atoms with E-state index in [1.54, 1.807) is 12.1 Å². The summed E-state index contributed by atoms with van der Waals surface area (Å²) >= 11 is 0. The summed E-state index contributed by atoms with van der Waals surface area (Å²) < 4.78 is 13.6. The molecule has 2 unspecified atom stereocenters. The summed E-state index contributed by atoms with van der Waals surface area (Å²) in [4.78, 5) is 15.1. The van der Waals surface area contributed by atoms with E-state index in [9.17, 15) is 9.18 Å². The third-order valence-electron chi connectivity index (χ3n) is 5.73. The number of piperidine rings is 1. The van der Waals surface area contributed by atoms with Crippen LogP contribution in [0.25, 0.3) is 0 Å². The molecule has 0 spiro atoms. The van der Waals surface area contributed by atoms with E-state index in [0.717, 1.165) is 31.6 Å². The predicted octanol–water partition coefficient (Wildman–Crippen LogP) is 3.96. The molecule has 1 saturated carbocycles. The van der Waals surface area contributed by atoms with Crippen LogP contribution in [0.15, 0.2) is 54.6 Å². The van der Waals surface area contributed by atoms with Crippen molar-refractivity contribution in [3.8, 4) is 0 Å². The number of hydrogen-bond acceptors (Lipinski definition) is 2. The summed E-state index contributed by atoms with van der Waals surface area (Å²) in [6.07, 6.45) is 3.35. The van der Waals surface area contributed by atoms with Crippen LogP contribution in [0.5, 0.6) is 0 Å². The number of amides is 1. The Morgan fingerprint density at radius 2 is 1.89 bits per heavy atom. The van der Waals surface area contributed by atoms with Crippen LogP contribution >= 0.6 is 0 Å². The van der Waals surface area contributed by atoms with Crippen molar-refractivity contribution in [1.29, 1.82) is 0 Å². The molecule has 27 heavy (non-hydrogen) atoms. The highest BCUT2D eigenvalue weighted by Crippen LogP contribution is 2.32. The number of nitrogens with one attached hydrogen (secondary N) is 1. The van der Waals surface area contributed by atoms with Crippen molar-refractivity contribution in [3.63, 3.8) is 0 Å². The van der Waals surface area contributed by atoms with Crippen molar-refractivity contribution in [2.45, 2.75) is 31.7 Å². The van der Waals surface area contributed by atoms with Crippen molar-refractivity contribution < 1.29 is 9.18 Å². The fourth-order valence-corrected chi connectivity index (χ4v) is 4.08. The van der Waals surface area contributed by atoms with Gasteiger partial charge in [0, 0.05) is 26.2 Å². The van der Waals surface area contributed by atoms with Crippen molar-refractivity contribution >= 4 is 5.91 Å². The zero-order chi connectivity index (χ0) is 18.6. The van der Waals surface area contributed by atoms with Crippen molar-refractivity contribution in [1.82, 2.24) is 10.2 Å². The molecule has 2 fully saturated rings. The normalized spacial score (nSPS) is 23.1. The minimum Gasteiger partial charge on any atom is -0.356 e. The lowest BCUT2D eigenvalue weighted by Gasteiger charge is -2.37. The molecule has 0 radical (unpaired) electrons. The van der Waals surface area contributed by atoms with Gasteiger partial charge in [-0.25, -0.2) is 4.39 Å². The Morgan fingerprint density at radius 1 is 1.07 bits per heavy atom. The van der Waals surface area contributed by atoms with Crippen LogP contribution < -0.4 is 5.32 Å². The zero-order valence-electron chi connectivity index (χ0n) is 15.6. The topological polar surface area (TPSA) is 32.3 Å². The quantitative estimate of drug-likeness (QED) is 0.839. The van der Waals surface area contributed by atoms with Gasteiger partial charge >= 0.3 is 0 Å². The summed E-state index contributed by atoms with van der Waals surface area (Å²) in [6.45, 7) is 3.12. The first-order chi connectivity index (χ1) is 13.2. The maximum atomic E-state index is 13.6. The van der Waals surface area contributed by atoms with Crippen molar-refractivity contribution in [3.05, 3.63) is 71.5 Å². The average Bonchev–Trinajstić information content (AvgIpc) is 3.51. The Labute approximate surface area is 160 Å².